The Morgan fingerprint density at radius 2 is 1.50 bits per heavy atom. The second-order valence-corrected chi connectivity index (χ2v) is 9.57. The predicted molar refractivity (Wildman–Crippen MR) is 126 cm³/mol. The van der Waals surface area contributed by atoms with E-state index >= 15 is 0 Å². The summed E-state index contributed by atoms with van der Waals surface area (Å²) in [4.78, 5) is 30.6. The number of carbonyl (C=O) groups excluding carboxylic acids is 2. The van der Waals surface area contributed by atoms with E-state index in [0.717, 1.165) is 49.5 Å². The van der Waals surface area contributed by atoms with Crippen molar-refractivity contribution in [2.45, 2.75) is 19.3 Å². The van der Waals surface area contributed by atoms with Crippen LogP contribution in [0.5, 0.6) is 0 Å². The molecule has 0 saturated carbocycles. The van der Waals surface area contributed by atoms with Crippen LogP contribution < -0.4 is 24.8 Å². The van der Waals surface area contributed by atoms with Gasteiger partial charge < -0.3 is 10.2 Å². The van der Waals surface area contributed by atoms with Gasteiger partial charge in [-0.15, -0.1) is 9.58 Å². The van der Waals surface area contributed by atoms with Crippen molar-refractivity contribution in [1.29, 1.82) is 0 Å². The molecule has 1 N–H and O–H groups in total. The largest absolute Gasteiger partial charge is 0.376 e. The van der Waals surface area contributed by atoms with Gasteiger partial charge in [0.25, 0.3) is 0 Å². The van der Waals surface area contributed by atoms with Crippen LogP contribution in [0.15, 0.2) is 42.5 Å². The summed E-state index contributed by atoms with van der Waals surface area (Å²) >= 11 is 1.53. The lowest BCUT2D eigenvalue weighted by Crippen LogP contribution is -2.65. The number of nitrogens with zero attached hydrogens (tertiary/aromatic N) is 4. The fraction of sp³-hybridized carbons (Fsp3) is 0.375. The van der Waals surface area contributed by atoms with Crippen molar-refractivity contribution in [3.05, 3.63) is 53.6 Å². The molecule has 0 unspecified atom stereocenters. The van der Waals surface area contributed by atoms with Crippen LogP contribution in [0.4, 0.5) is 10.8 Å². The number of hydrogen-bond donors (Lipinski definition) is 1. The number of carbonyl (C=O) groups is 2. The van der Waals surface area contributed by atoms with Crippen LogP contribution in [0.3, 0.4) is 0 Å². The third kappa shape index (κ3) is 3.01. The SMILES string of the molecule is O=C1c2ccccc2C(=O)N1c1sc2cccc(N3CCCCC3)c2[n+]1N1CCNCC1. The zero-order valence-electron chi connectivity index (χ0n) is 17.9. The van der Waals surface area contributed by atoms with Crippen molar-refractivity contribution < 1.29 is 14.3 Å². The van der Waals surface area contributed by atoms with Gasteiger partial charge in [0, 0.05) is 26.2 Å². The van der Waals surface area contributed by atoms with E-state index in [4.69, 9.17) is 0 Å². The van der Waals surface area contributed by atoms with Crippen LogP contribution in [0.2, 0.25) is 0 Å². The lowest BCUT2D eigenvalue weighted by atomic mass is 10.1. The van der Waals surface area contributed by atoms with Crippen molar-refractivity contribution in [3.63, 3.8) is 0 Å². The minimum Gasteiger partial charge on any atom is -0.368 e. The Labute approximate surface area is 190 Å². The molecular formula is C24H26N5O2S+. The third-order valence-electron chi connectivity index (χ3n) is 6.63. The van der Waals surface area contributed by atoms with Gasteiger partial charge in [-0.25, -0.2) is 14.6 Å². The Morgan fingerprint density at radius 3 is 2.19 bits per heavy atom. The Morgan fingerprint density at radius 1 is 0.812 bits per heavy atom. The number of imide groups is 1. The highest BCUT2D eigenvalue weighted by Gasteiger charge is 2.48. The van der Waals surface area contributed by atoms with Gasteiger partial charge in [-0.05, 0) is 54.9 Å². The normalized spacial score (nSPS) is 19.2. The number of rotatable bonds is 3. The molecule has 0 atom stereocenters. The van der Waals surface area contributed by atoms with Gasteiger partial charge in [-0.2, -0.15) is 0 Å². The summed E-state index contributed by atoms with van der Waals surface area (Å²) < 4.78 is 3.25. The average molecular weight is 449 g/mol. The molecule has 2 aromatic carbocycles. The van der Waals surface area contributed by atoms with E-state index in [1.54, 1.807) is 12.1 Å². The van der Waals surface area contributed by atoms with Gasteiger partial charge in [0.2, 0.25) is 0 Å². The maximum atomic E-state index is 13.4. The van der Waals surface area contributed by atoms with Crippen molar-refractivity contribution in [2.75, 3.05) is 54.1 Å². The molecule has 164 valence electrons. The zero-order valence-corrected chi connectivity index (χ0v) is 18.7. The Hall–Kier alpha value is -2.97. The lowest BCUT2D eigenvalue weighted by Gasteiger charge is -2.31. The van der Waals surface area contributed by atoms with E-state index in [0.29, 0.717) is 16.3 Å². The third-order valence-corrected chi connectivity index (χ3v) is 7.72. The first kappa shape index (κ1) is 19.7. The van der Waals surface area contributed by atoms with Gasteiger partial charge in [-0.1, -0.05) is 18.2 Å². The molecule has 2 saturated heterocycles. The number of hydrogen-bond acceptors (Lipinski definition) is 6. The Kier molecular flexibility index (Phi) is 4.84. The van der Waals surface area contributed by atoms with Crippen LogP contribution in [0.25, 0.3) is 10.2 Å². The molecule has 7 nitrogen and oxygen atoms in total. The quantitative estimate of drug-likeness (QED) is 0.493. The monoisotopic (exact) mass is 448 g/mol. The number of piperazine rings is 1. The first-order valence-electron chi connectivity index (χ1n) is 11.4. The van der Waals surface area contributed by atoms with E-state index < -0.39 is 0 Å². The number of para-hydroxylation sites is 1. The second-order valence-electron chi connectivity index (χ2n) is 8.56. The highest BCUT2D eigenvalue weighted by atomic mass is 32.1. The Balaban J connectivity index is 1.55. The van der Waals surface area contributed by atoms with Crippen LogP contribution in [-0.2, 0) is 0 Å². The molecule has 2 amide bonds. The van der Waals surface area contributed by atoms with Crippen LogP contribution in [-0.4, -0.2) is 51.1 Å². The van der Waals surface area contributed by atoms with E-state index in [2.05, 4.69) is 38.1 Å². The topological polar surface area (TPSA) is 59.8 Å². The minimum atomic E-state index is -0.236. The van der Waals surface area contributed by atoms with Crippen molar-refractivity contribution in [2.24, 2.45) is 0 Å². The second kappa shape index (κ2) is 7.86. The van der Waals surface area contributed by atoms with E-state index in [1.165, 1.54) is 41.2 Å². The summed E-state index contributed by atoms with van der Waals surface area (Å²) in [5.74, 6) is -0.471. The minimum absolute atomic E-state index is 0.236. The standard InChI is InChI=1S/C24H26N5O2S/c30-22-17-7-2-3-8-18(17)23(31)28(22)24-29(27-15-11-25-12-16-27)21-19(9-6-10-20(21)32-24)26-13-4-1-5-14-26/h2-3,6-10,25H,1,4-5,11-16H2/q+1. The van der Waals surface area contributed by atoms with Crippen molar-refractivity contribution in [1.82, 2.24) is 5.32 Å². The number of benzene rings is 2. The summed E-state index contributed by atoms with van der Waals surface area (Å²) in [6.45, 7) is 5.47. The number of nitrogens with one attached hydrogen (secondary N) is 1. The molecule has 4 heterocycles. The lowest BCUT2D eigenvalue weighted by molar-refractivity contribution is -0.651. The number of anilines is 2. The fourth-order valence-corrected chi connectivity index (χ4v) is 6.23. The average Bonchev–Trinajstić information content (AvgIpc) is 3.35. The fourth-order valence-electron chi connectivity index (χ4n) is 5.05. The van der Waals surface area contributed by atoms with E-state index in [1.807, 2.05) is 12.1 Å². The molecule has 6 rings (SSSR count). The molecule has 0 bridgehead atoms. The zero-order chi connectivity index (χ0) is 21.7. The number of amides is 2. The van der Waals surface area contributed by atoms with Gasteiger partial charge in [0.15, 0.2) is 5.52 Å². The smallest absolute Gasteiger partial charge is 0.368 e. The van der Waals surface area contributed by atoms with Crippen LogP contribution >= 0.6 is 11.3 Å². The highest BCUT2D eigenvalue weighted by molar-refractivity contribution is 7.22. The molecule has 0 radical (unpaired) electrons. The summed E-state index contributed by atoms with van der Waals surface area (Å²) in [5.41, 5.74) is 3.27. The molecule has 0 aliphatic carbocycles. The maximum Gasteiger partial charge on any atom is 0.376 e. The molecule has 1 aromatic heterocycles. The van der Waals surface area contributed by atoms with E-state index in [-0.39, 0.29) is 11.8 Å². The predicted octanol–water partition coefficient (Wildman–Crippen LogP) is 2.52. The van der Waals surface area contributed by atoms with Crippen LogP contribution in [0, 0.1) is 0 Å². The molecule has 32 heavy (non-hydrogen) atoms. The van der Waals surface area contributed by atoms with Crippen molar-refractivity contribution in [3.8, 4) is 0 Å². The molecule has 0 spiro atoms. The molecule has 3 aliphatic heterocycles. The number of piperidine rings is 1. The summed E-state index contributed by atoms with van der Waals surface area (Å²) in [6, 6.07) is 13.5. The van der Waals surface area contributed by atoms with E-state index in [9.17, 15) is 9.59 Å². The Bertz CT molecular complexity index is 1180. The number of thiazole rings is 1. The summed E-state index contributed by atoms with van der Waals surface area (Å²) in [6.07, 6.45) is 3.66. The number of aromatic nitrogens is 1. The highest BCUT2D eigenvalue weighted by Crippen LogP contribution is 2.37. The molecular weight excluding hydrogens is 422 g/mol. The molecule has 3 aliphatic rings. The van der Waals surface area contributed by atoms with Gasteiger partial charge in [-0.3, -0.25) is 0 Å². The van der Waals surface area contributed by atoms with Gasteiger partial charge in [0.1, 0.15) is 0 Å². The van der Waals surface area contributed by atoms with Crippen molar-refractivity contribution >= 4 is 44.2 Å². The maximum absolute atomic E-state index is 13.4. The van der Waals surface area contributed by atoms with Crippen LogP contribution in [0.1, 0.15) is 40.0 Å². The summed E-state index contributed by atoms with van der Waals surface area (Å²) in [5, 5.41) is 6.37. The molecule has 8 heteroatoms. The summed E-state index contributed by atoms with van der Waals surface area (Å²) in [7, 11) is 0. The first-order valence-corrected chi connectivity index (χ1v) is 12.2. The molecule has 3 aromatic rings. The molecule has 2 fully saturated rings. The van der Waals surface area contributed by atoms with Gasteiger partial charge >= 0.3 is 16.9 Å². The number of fused-ring (bicyclic) bond motifs is 2. The first-order chi connectivity index (χ1) is 15.7. The van der Waals surface area contributed by atoms with Gasteiger partial charge in [0.05, 0.1) is 34.6 Å².